The molecule has 0 saturated carbocycles. The van der Waals surface area contributed by atoms with Gasteiger partial charge >= 0.3 is 0 Å². The number of anilines is 1. The SMILES string of the molecule is COc1cc(=O)n(-c2ccccc2)nc1C(=O)Nc1ccc(F)c(Cl)c1. The highest BCUT2D eigenvalue weighted by Gasteiger charge is 2.18. The number of halogens is 2. The standard InChI is InChI=1S/C18H13ClFN3O3/c1-26-15-10-16(24)23(12-5-3-2-4-6-12)22-17(15)18(25)21-11-7-8-14(20)13(19)9-11/h2-10H,1H3,(H,21,25). The van der Waals surface area contributed by atoms with Crippen LogP contribution in [0.15, 0.2) is 59.4 Å². The van der Waals surface area contributed by atoms with Gasteiger partial charge < -0.3 is 10.1 Å². The van der Waals surface area contributed by atoms with Crippen molar-refractivity contribution >= 4 is 23.2 Å². The molecule has 6 nitrogen and oxygen atoms in total. The first kappa shape index (κ1) is 17.6. The van der Waals surface area contributed by atoms with Gasteiger partial charge in [0, 0.05) is 5.69 Å². The summed E-state index contributed by atoms with van der Waals surface area (Å²) in [6.45, 7) is 0. The third-order valence-electron chi connectivity index (χ3n) is 3.51. The summed E-state index contributed by atoms with van der Waals surface area (Å²) < 4.78 is 19.4. The summed E-state index contributed by atoms with van der Waals surface area (Å²) >= 11 is 5.72. The van der Waals surface area contributed by atoms with E-state index in [0.29, 0.717) is 5.69 Å². The summed E-state index contributed by atoms with van der Waals surface area (Å²) in [7, 11) is 1.33. The van der Waals surface area contributed by atoms with Crippen molar-refractivity contribution in [1.82, 2.24) is 9.78 Å². The number of hydrogen-bond acceptors (Lipinski definition) is 4. The molecule has 3 rings (SSSR count). The summed E-state index contributed by atoms with van der Waals surface area (Å²) in [5, 5.41) is 6.53. The summed E-state index contributed by atoms with van der Waals surface area (Å²) in [4.78, 5) is 24.8. The van der Waals surface area contributed by atoms with Gasteiger partial charge in [0.15, 0.2) is 11.4 Å². The van der Waals surface area contributed by atoms with Crippen molar-refractivity contribution in [3.63, 3.8) is 0 Å². The van der Waals surface area contributed by atoms with E-state index in [-0.39, 0.29) is 22.2 Å². The largest absolute Gasteiger partial charge is 0.494 e. The zero-order valence-electron chi connectivity index (χ0n) is 13.6. The predicted octanol–water partition coefficient (Wildman–Crippen LogP) is 3.29. The monoisotopic (exact) mass is 373 g/mol. The lowest BCUT2D eigenvalue weighted by Crippen LogP contribution is -2.26. The molecule has 0 aliphatic heterocycles. The van der Waals surface area contributed by atoms with Crippen molar-refractivity contribution in [1.29, 1.82) is 0 Å². The number of nitrogens with one attached hydrogen (secondary N) is 1. The Bertz CT molecular complexity index is 1020. The minimum absolute atomic E-state index is 0.0212. The highest BCUT2D eigenvalue weighted by Crippen LogP contribution is 2.21. The van der Waals surface area contributed by atoms with E-state index in [4.69, 9.17) is 16.3 Å². The number of methoxy groups -OCH3 is 1. The van der Waals surface area contributed by atoms with E-state index in [0.717, 1.165) is 10.7 Å². The molecule has 0 saturated heterocycles. The highest BCUT2D eigenvalue weighted by molar-refractivity contribution is 6.31. The van der Waals surface area contributed by atoms with E-state index in [9.17, 15) is 14.0 Å². The Labute approximate surface area is 152 Å². The summed E-state index contributed by atoms with van der Waals surface area (Å²) in [5.74, 6) is -1.21. The van der Waals surface area contributed by atoms with Crippen molar-refractivity contribution in [3.8, 4) is 11.4 Å². The molecule has 0 aliphatic rings. The topological polar surface area (TPSA) is 73.2 Å². The van der Waals surface area contributed by atoms with Crippen LogP contribution in [0, 0.1) is 5.82 Å². The molecule has 0 spiro atoms. The Morgan fingerprint density at radius 1 is 1.19 bits per heavy atom. The van der Waals surface area contributed by atoms with Gasteiger partial charge in [-0.15, -0.1) is 0 Å². The molecule has 0 atom stereocenters. The second-order valence-electron chi connectivity index (χ2n) is 5.23. The Morgan fingerprint density at radius 3 is 2.58 bits per heavy atom. The Morgan fingerprint density at radius 2 is 1.92 bits per heavy atom. The van der Waals surface area contributed by atoms with Crippen molar-refractivity contribution in [2.75, 3.05) is 12.4 Å². The smallest absolute Gasteiger partial charge is 0.280 e. The van der Waals surface area contributed by atoms with Crippen LogP contribution in [0.1, 0.15) is 10.5 Å². The molecule has 26 heavy (non-hydrogen) atoms. The lowest BCUT2D eigenvalue weighted by molar-refractivity contribution is 0.101. The number of nitrogens with zero attached hydrogens (tertiary/aromatic N) is 2. The zero-order chi connectivity index (χ0) is 18.7. The normalized spacial score (nSPS) is 10.4. The fourth-order valence-electron chi connectivity index (χ4n) is 2.27. The van der Waals surface area contributed by atoms with Crippen LogP contribution in [0.3, 0.4) is 0 Å². The van der Waals surface area contributed by atoms with Crippen LogP contribution in [0.4, 0.5) is 10.1 Å². The van der Waals surface area contributed by atoms with E-state index in [1.165, 1.54) is 25.3 Å². The molecule has 0 aliphatic carbocycles. The number of carbonyl (C=O) groups is 1. The average Bonchev–Trinajstić information content (AvgIpc) is 2.65. The zero-order valence-corrected chi connectivity index (χ0v) is 14.3. The fraction of sp³-hybridized carbons (Fsp3) is 0.0556. The number of amides is 1. The summed E-state index contributed by atoms with van der Waals surface area (Å²) in [5.41, 5.74) is 0.229. The second-order valence-corrected chi connectivity index (χ2v) is 5.64. The van der Waals surface area contributed by atoms with Crippen LogP contribution < -0.4 is 15.6 Å². The first-order valence-corrected chi connectivity index (χ1v) is 7.87. The van der Waals surface area contributed by atoms with Gasteiger partial charge in [0.1, 0.15) is 5.82 Å². The van der Waals surface area contributed by atoms with Crippen LogP contribution in [-0.2, 0) is 0 Å². The summed E-state index contributed by atoms with van der Waals surface area (Å²) in [6, 6.07) is 13.6. The van der Waals surface area contributed by atoms with E-state index in [1.54, 1.807) is 30.3 Å². The number of carbonyl (C=O) groups excluding carboxylic acids is 1. The quantitative estimate of drug-likeness (QED) is 0.761. The fourth-order valence-corrected chi connectivity index (χ4v) is 2.45. The van der Waals surface area contributed by atoms with Crippen LogP contribution in [0.5, 0.6) is 5.75 Å². The van der Waals surface area contributed by atoms with Gasteiger partial charge in [-0.1, -0.05) is 29.8 Å². The van der Waals surface area contributed by atoms with Crippen molar-refractivity contribution in [2.45, 2.75) is 0 Å². The van der Waals surface area contributed by atoms with Gasteiger partial charge in [-0.2, -0.15) is 9.78 Å². The number of hydrogen-bond donors (Lipinski definition) is 1. The lowest BCUT2D eigenvalue weighted by Gasteiger charge is -2.11. The Kier molecular flexibility index (Phi) is 4.99. The Hall–Kier alpha value is -3.19. The molecule has 3 aromatic rings. The summed E-state index contributed by atoms with van der Waals surface area (Å²) in [6.07, 6.45) is 0. The van der Waals surface area contributed by atoms with E-state index < -0.39 is 17.3 Å². The first-order valence-electron chi connectivity index (χ1n) is 7.50. The van der Waals surface area contributed by atoms with Crippen molar-refractivity contribution < 1.29 is 13.9 Å². The molecule has 1 aromatic heterocycles. The minimum atomic E-state index is -0.630. The lowest BCUT2D eigenvalue weighted by atomic mass is 10.2. The number of aromatic nitrogens is 2. The van der Waals surface area contributed by atoms with Crippen LogP contribution in [0.2, 0.25) is 5.02 Å². The third kappa shape index (κ3) is 3.57. The van der Waals surface area contributed by atoms with Crippen molar-refractivity contribution in [2.24, 2.45) is 0 Å². The van der Waals surface area contributed by atoms with Gasteiger partial charge in [0.05, 0.1) is 23.9 Å². The van der Waals surface area contributed by atoms with Crippen molar-refractivity contribution in [3.05, 3.63) is 81.5 Å². The van der Waals surface area contributed by atoms with E-state index in [1.807, 2.05) is 0 Å². The highest BCUT2D eigenvalue weighted by atomic mass is 35.5. The number of ether oxygens (including phenoxy) is 1. The maximum absolute atomic E-state index is 13.2. The third-order valence-corrected chi connectivity index (χ3v) is 3.80. The first-order chi connectivity index (χ1) is 12.5. The molecular weight excluding hydrogens is 361 g/mol. The molecule has 1 amide bonds. The average molecular weight is 374 g/mol. The molecule has 0 bridgehead atoms. The van der Waals surface area contributed by atoms with Crippen LogP contribution in [0.25, 0.3) is 5.69 Å². The predicted molar refractivity (Wildman–Crippen MR) is 95.7 cm³/mol. The van der Waals surface area contributed by atoms with Gasteiger partial charge in [0.25, 0.3) is 11.5 Å². The maximum Gasteiger partial charge on any atom is 0.280 e. The molecule has 0 fully saturated rings. The van der Waals surface area contributed by atoms with Gasteiger partial charge in [-0.25, -0.2) is 4.39 Å². The Balaban J connectivity index is 2.01. The molecule has 1 N–H and O–H groups in total. The van der Waals surface area contributed by atoms with Gasteiger partial charge in [-0.3, -0.25) is 9.59 Å². The van der Waals surface area contributed by atoms with E-state index in [2.05, 4.69) is 10.4 Å². The van der Waals surface area contributed by atoms with Gasteiger partial charge in [-0.05, 0) is 30.3 Å². The molecule has 2 aromatic carbocycles. The molecular formula is C18H13ClFN3O3. The van der Waals surface area contributed by atoms with Crippen LogP contribution >= 0.6 is 11.6 Å². The van der Waals surface area contributed by atoms with Gasteiger partial charge in [0.2, 0.25) is 0 Å². The number of rotatable bonds is 4. The maximum atomic E-state index is 13.2. The van der Waals surface area contributed by atoms with Crippen LogP contribution in [-0.4, -0.2) is 22.8 Å². The second kappa shape index (κ2) is 7.37. The molecule has 1 heterocycles. The molecule has 0 radical (unpaired) electrons. The molecule has 8 heteroatoms. The molecule has 132 valence electrons. The minimum Gasteiger partial charge on any atom is -0.494 e. The number of benzene rings is 2. The number of para-hydroxylation sites is 1. The molecule has 0 unspecified atom stereocenters. The van der Waals surface area contributed by atoms with E-state index >= 15 is 0 Å².